The van der Waals surface area contributed by atoms with Gasteiger partial charge >= 0.3 is 5.97 Å². The summed E-state index contributed by atoms with van der Waals surface area (Å²) in [6.45, 7) is 3.60. The van der Waals surface area contributed by atoms with E-state index in [2.05, 4.69) is 20.5 Å². The van der Waals surface area contributed by atoms with E-state index in [9.17, 15) is 9.90 Å². The summed E-state index contributed by atoms with van der Waals surface area (Å²) >= 11 is 1.37. The van der Waals surface area contributed by atoms with E-state index in [0.29, 0.717) is 4.88 Å². The van der Waals surface area contributed by atoms with Crippen LogP contribution in [0.2, 0.25) is 0 Å². The number of thiophene rings is 1. The highest BCUT2D eigenvalue weighted by molar-refractivity contribution is 7.10. The van der Waals surface area contributed by atoms with Crippen LogP contribution in [0.15, 0.2) is 17.5 Å². The Bertz CT molecular complexity index is 556. The number of nitrogens with one attached hydrogen (secondary N) is 1. The molecule has 7 heteroatoms. The lowest BCUT2D eigenvalue weighted by atomic mass is 10.2. The van der Waals surface area contributed by atoms with E-state index < -0.39 is 12.0 Å². The fraction of sp³-hybridized carbons (Fsp3) is 0.273. The van der Waals surface area contributed by atoms with E-state index in [1.54, 1.807) is 26.0 Å². The number of aromatic nitrogens is 3. The Morgan fingerprint density at radius 3 is 2.72 bits per heavy atom. The van der Waals surface area contributed by atoms with Crippen molar-refractivity contribution in [2.24, 2.45) is 0 Å². The van der Waals surface area contributed by atoms with E-state index in [1.165, 1.54) is 11.3 Å². The summed E-state index contributed by atoms with van der Waals surface area (Å²) < 4.78 is 0. The van der Waals surface area contributed by atoms with Gasteiger partial charge in [-0.1, -0.05) is 6.07 Å². The summed E-state index contributed by atoms with van der Waals surface area (Å²) in [5.41, 5.74) is 1.45. The van der Waals surface area contributed by atoms with Crippen LogP contribution in [0.1, 0.15) is 22.3 Å². The molecule has 0 saturated carbocycles. The molecule has 2 aromatic rings. The van der Waals surface area contributed by atoms with Gasteiger partial charge in [0.2, 0.25) is 5.95 Å². The Labute approximate surface area is 108 Å². The zero-order valence-corrected chi connectivity index (χ0v) is 10.7. The molecule has 0 saturated heterocycles. The van der Waals surface area contributed by atoms with Crippen LogP contribution in [0, 0.1) is 13.8 Å². The van der Waals surface area contributed by atoms with Gasteiger partial charge in [0.25, 0.3) is 0 Å². The van der Waals surface area contributed by atoms with Crippen LogP contribution in [0.4, 0.5) is 5.95 Å². The number of carbonyl (C=O) groups is 1. The zero-order chi connectivity index (χ0) is 13.1. The highest BCUT2D eigenvalue weighted by Gasteiger charge is 2.21. The van der Waals surface area contributed by atoms with Gasteiger partial charge in [-0.3, -0.25) is 0 Å². The molecule has 6 nitrogen and oxygen atoms in total. The van der Waals surface area contributed by atoms with Crippen molar-refractivity contribution >= 4 is 23.3 Å². The van der Waals surface area contributed by atoms with Gasteiger partial charge in [-0.25, -0.2) is 9.78 Å². The van der Waals surface area contributed by atoms with Crippen LogP contribution >= 0.6 is 11.3 Å². The van der Waals surface area contributed by atoms with Crippen molar-refractivity contribution in [3.05, 3.63) is 33.8 Å². The average molecular weight is 264 g/mol. The first-order valence-corrected chi connectivity index (χ1v) is 6.16. The van der Waals surface area contributed by atoms with Gasteiger partial charge in [-0.15, -0.1) is 16.4 Å². The third-order valence-corrected chi connectivity index (χ3v) is 3.38. The molecular weight excluding hydrogens is 252 g/mol. The summed E-state index contributed by atoms with van der Waals surface area (Å²) in [6.07, 6.45) is 0. The molecule has 0 aromatic carbocycles. The summed E-state index contributed by atoms with van der Waals surface area (Å²) in [5, 5.41) is 21.5. The number of rotatable bonds is 4. The first-order chi connectivity index (χ1) is 8.58. The normalized spacial score (nSPS) is 12.1. The zero-order valence-electron chi connectivity index (χ0n) is 9.91. The lowest BCUT2D eigenvalue weighted by Crippen LogP contribution is -2.21. The molecule has 0 aliphatic carbocycles. The fourth-order valence-electron chi connectivity index (χ4n) is 1.36. The van der Waals surface area contributed by atoms with Gasteiger partial charge in [-0.2, -0.15) is 5.10 Å². The minimum Gasteiger partial charge on any atom is -0.479 e. The van der Waals surface area contributed by atoms with Gasteiger partial charge in [0.15, 0.2) is 6.04 Å². The second-order valence-corrected chi connectivity index (χ2v) is 4.72. The van der Waals surface area contributed by atoms with E-state index in [1.807, 2.05) is 5.38 Å². The number of carboxylic acids is 1. The maximum absolute atomic E-state index is 11.2. The quantitative estimate of drug-likeness (QED) is 0.875. The fourth-order valence-corrected chi connectivity index (χ4v) is 2.12. The Hall–Kier alpha value is -2.02. The van der Waals surface area contributed by atoms with E-state index >= 15 is 0 Å². The standard InChI is InChI=1S/C11H12N4O2S/c1-6-7(2)14-15-11(12-6)13-9(10(16)17)8-4-3-5-18-8/h3-5,9H,1-2H3,(H,16,17)(H,12,13,15). The van der Waals surface area contributed by atoms with Gasteiger partial charge in [0, 0.05) is 4.88 Å². The van der Waals surface area contributed by atoms with Crippen molar-refractivity contribution in [2.75, 3.05) is 5.32 Å². The largest absolute Gasteiger partial charge is 0.479 e. The van der Waals surface area contributed by atoms with Crippen LogP contribution in [0.3, 0.4) is 0 Å². The number of hydrogen-bond donors (Lipinski definition) is 2. The number of nitrogens with zero attached hydrogens (tertiary/aromatic N) is 3. The van der Waals surface area contributed by atoms with Gasteiger partial charge in [-0.05, 0) is 25.3 Å². The van der Waals surface area contributed by atoms with Crippen LogP contribution in [0.5, 0.6) is 0 Å². The van der Waals surface area contributed by atoms with Crippen molar-refractivity contribution in [1.29, 1.82) is 0 Å². The smallest absolute Gasteiger partial charge is 0.331 e. The Morgan fingerprint density at radius 1 is 1.39 bits per heavy atom. The molecule has 0 spiro atoms. The molecular formula is C11H12N4O2S. The Balaban J connectivity index is 2.24. The molecule has 2 heterocycles. The Morgan fingerprint density at radius 2 is 2.17 bits per heavy atom. The predicted octanol–water partition coefficient (Wildman–Crippen LogP) is 1.79. The molecule has 2 aromatic heterocycles. The summed E-state index contributed by atoms with van der Waals surface area (Å²) in [7, 11) is 0. The summed E-state index contributed by atoms with van der Waals surface area (Å²) in [5.74, 6) is -0.752. The molecule has 0 aliphatic heterocycles. The molecule has 2 N–H and O–H groups in total. The first kappa shape index (κ1) is 12.4. The molecule has 0 aliphatic rings. The van der Waals surface area contributed by atoms with E-state index in [-0.39, 0.29) is 5.95 Å². The third-order valence-electron chi connectivity index (χ3n) is 2.44. The Kier molecular flexibility index (Phi) is 3.52. The molecule has 18 heavy (non-hydrogen) atoms. The lowest BCUT2D eigenvalue weighted by molar-refractivity contribution is -0.138. The maximum atomic E-state index is 11.2. The van der Waals surface area contributed by atoms with Crippen LogP contribution in [-0.4, -0.2) is 26.3 Å². The minimum absolute atomic E-state index is 0.221. The van der Waals surface area contributed by atoms with Crippen LogP contribution < -0.4 is 5.32 Å². The molecule has 2 rings (SSSR count). The van der Waals surface area contributed by atoms with Crippen molar-refractivity contribution in [1.82, 2.24) is 15.2 Å². The van der Waals surface area contributed by atoms with Crippen LogP contribution in [-0.2, 0) is 4.79 Å². The molecule has 0 fully saturated rings. The number of aliphatic carboxylic acids is 1. The molecule has 1 atom stereocenters. The predicted molar refractivity (Wildman–Crippen MR) is 67.6 cm³/mol. The minimum atomic E-state index is -0.973. The van der Waals surface area contributed by atoms with E-state index in [0.717, 1.165) is 11.4 Å². The second kappa shape index (κ2) is 5.09. The number of anilines is 1. The number of carboxylic acid groups (broad SMARTS) is 1. The SMILES string of the molecule is Cc1nnc(NC(C(=O)O)c2cccs2)nc1C. The highest BCUT2D eigenvalue weighted by atomic mass is 32.1. The van der Waals surface area contributed by atoms with Gasteiger partial charge in [0.05, 0.1) is 11.4 Å². The number of hydrogen-bond acceptors (Lipinski definition) is 6. The van der Waals surface area contributed by atoms with Crippen molar-refractivity contribution in [2.45, 2.75) is 19.9 Å². The maximum Gasteiger partial charge on any atom is 0.331 e. The highest BCUT2D eigenvalue weighted by Crippen LogP contribution is 2.22. The topological polar surface area (TPSA) is 88.0 Å². The number of aryl methyl sites for hydroxylation is 2. The van der Waals surface area contributed by atoms with Gasteiger partial charge in [0.1, 0.15) is 0 Å². The van der Waals surface area contributed by atoms with Crippen molar-refractivity contribution in [3.8, 4) is 0 Å². The monoisotopic (exact) mass is 264 g/mol. The van der Waals surface area contributed by atoms with E-state index in [4.69, 9.17) is 0 Å². The summed E-state index contributed by atoms with van der Waals surface area (Å²) in [4.78, 5) is 16.1. The van der Waals surface area contributed by atoms with Crippen molar-refractivity contribution in [3.63, 3.8) is 0 Å². The van der Waals surface area contributed by atoms with Crippen LogP contribution in [0.25, 0.3) is 0 Å². The first-order valence-electron chi connectivity index (χ1n) is 5.28. The molecule has 0 radical (unpaired) electrons. The second-order valence-electron chi connectivity index (χ2n) is 3.74. The molecule has 0 bridgehead atoms. The van der Waals surface area contributed by atoms with Crippen molar-refractivity contribution < 1.29 is 9.90 Å². The average Bonchev–Trinajstić information content (AvgIpc) is 2.83. The van der Waals surface area contributed by atoms with Gasteiger partial charge < -0.3 is 10.4 Å². The molecule has 1 unspecified atom stereocenters. The summed E-state index contributed by atoms with van der Waals surface area (Å²) in [6, 6.07) is 2.70. The molecule has 0 amide bonds. The third kappa shape index (κ3) is 2.62. The lowest BCUT2D eigenvalue weighted by Gasteiger charge is -2.12. The molecule has 94 valence electrons.